The summed E-state index contributed by atoms with van der Waals surface area (Å²) in [6.07, 6.45) is 1.55. The fourth-order valence-electron chi connectivity index (χ4n) is 3.56. The van der Waals surface area contributed by atoms with Crippen molar-refractivity contribution < 1.29 is 9.72 Å². The molecule has 2 heterocycles. The van der Waals surface area contributed by atoms with Crippen LogP contribution in [-0.2, 0) is 11.2 Å². The van der Waals surface area contributed by atoms with E-state index >= 15 is 0 Å². The van der Waals surface area contributed by atoms with Crippen molar-refractivity contribution in [2.45, 2.75) is 24.8 Å². The van der Waals surface area contributed by atoms with Gasteiger partial charge in [0.15, 0.2) is 0 Å². The lowest BCUT2D eigenvalue weighted by atomic mass is 10.0. The number of hydrogen-bond donors (Lipinski definition) is 0. The molecule has 0 spiro atoms. The second-order valence-electron chi connectivity index (χ2n) is 6.80. The Labute approximate surface area is 166 Å². The summed E-state index contributed by atoms with van der Waals surface area (Å²) in [5.74, 6) is 0.272. The fourth-order valence-corrected chi connectivity index (χ4v) is 4.41. The first-order chi connectivity index (χ1) is 13.5. The second-order valence-corrected chi connectivity index (χ2v) is 7.80. The number of benzene rings is 2. The van der Waals surface area contributed by atoms with Crippen LogP contribution in [0.5, 0.6) is 0 Å². The van der Waals surface area contributed by atoms with Crippen molar-refractivity contribution in [2.75, 3.05) is 17.2 Å². The van der Waals surface area contributed by atoms with E-state index < -0.39 is 4.92 Å². The SMILES string of the molecule is Cc1cc(SCC(=O)N2CCCc3cc([N+](=O)[O-])ccc32)nc2ccccc12. The van der Waals surface area contributed by atoms with Crippen LogP contribution in [0, 0.1) is 17.0 Å². The highest BCUT2D eigenvalue weighted by molar-refractivity contribution is 7.99. The Morgan fingerprint density at radius 1 is 1.25 bits per heavy atom. The van der Waals surface area contributed by atoms with Gasteiger partial charge in [0, 0.05) is 29.8 Å². The van der Waals surface area contributed by atoms with Gasteiger partial charge in [0.05, 0.1) is 21.2 Å². The Morgan fingerprint density at radius 2 is 2.07 bits per heavy atom. The van der Waals surface area contributed by atoms with Crippen molar-refractivity contribution in [3.05, 3.63) is 69.8 Å². The van der Waals surface area contributed by atoms with Gasteiger partial charge in [-0.1, -0.05) is 30.0 Å². The molecule has 1 aliphatic heterocycles. The lowest BCUT2D eigenvalue weighted by Gasteiger charge is -2.29. The molecule has 0 saturated carbocycles. The van der Waals surface area contributed by atoms with Crippen LogP contribution >= 0.6 is 11.8 Å². The number of pyridine rings is 1. The second kappa shape index (κ2) is 7.59. The lowest BCUT2D eigenvalue weighted by Crippen LogP contribution is -2.36. The maximum absolute atomic E-state index is 12.8. The van der Waals surface area contributed by atoms with Crippen molar-refractivity contribution in [1.29, 1.82) is 0 Å². The molecule has 0 aliphatic carbocycles. The number of aromatic nitrogens is 1. The first-order valence-electron chi connectivity index (χ1n) is 9.10. The molecule has 0 saturated heterocycles. The topological polar surface area (TPSA) is 76.3 Å². The number of carbonyl (C=O) groups is 1. The monoisotopic (exact) mass is 393 g/mol. The zero-order valence-corrected chi connectivity index (χ0v) is 16.2. The minimum atomic E-state index is -0.398. The van der Waals surface area contributed by atoms with Crippen LogP contribution in [0.15, 0.2) is 53.6 Å². The summed E-state index contributed by atoms with van der Waals surface area (Å²) >= 11 is 1.42. The predicted octanol–water partition coefficient (Wildman–Crippen LogP) is 4.52. The van der Waals surface area contributed by atoms with Gasteiger partial charge in [0.1, 0.15) is 0 Å². The van der Waals surface area contributed by atoms with Gasteiger partial charge in [-0.15, -0.1) is 0 Å². The number of nitro benzene ring substituents is 1. The number of nitrogens with zero attached hydrogens (tertiary/aromatic N) is 3. The average Bonchev–Trinajstić information content (AvgIpc) is 2.71. The van der Waals surface area contributed by atoms with Gasteiger partial charge >= 0.3 is 0 Å². The van der Waals surface area contributed by atoms with Crippen molar-refractivity contribution in [1.82, 2.24) is 4.98 Å². The summed E-state index contributed by atoms with van der Waals surface area (Å²) in [7, 11) is 0. The Kier molecular flexibility index (Phi) is 5.00. The van der Waals surface area contributed by atoms with Crippen molar-refractivity contribution in [3.8, 4) is 0 Å². The zero-order valence-electron chi connectivity index (χ0n) is 15.4. The molecule has 0 N–H and O–H groups in total. The fraction of sp³-hybridized carbons (Fsp3) is 0.238. The predicted molar refractivity (Wildman–Crippen MR) is 111 cm³/mol. The molecule has 6 nitrogen and oxygen atoms in total. The number of para-hydroxylation sites is 1. The van der Waals surface area contributed by atoms with Crippen molar-refractivity contribution in [3.63, 3.8) is 0 Å². The molecule has 1 aliphatic rings. The maximum atomic E-state index is 12.8. The van der Waals surface area contributed by atoms with E-state index in [-0.39, 0.29) is 17.3 Å². The minimum absolute atomic E-state index is 0.00702. The van der Waals surface area contributed by atoms with E-state index in [4.69, 9.17) is 0 Å². The lowest BCUT2D eigenvalue weighted by molar-refractivity contribution is -0.384. The van der Waals surface area contributed by atoms with Gasteiger partial charge in [-0.2, -0.15) is 0 Å². The Hall–Kier alpha value is -2.93. The van der Waals surface area contributed by atoms with E-state index in [2.05, 4.69) is 4.98 Å². The highest BCUT2D eigenvalue weighted by atomic mass is 32.2. The van der Waals surface area contributed by atoms with Gasteiger partial charge in [0.2, 0.25) is 5.91 Å². The number of fused-ring (bicyclic) bond motifs is 2. The van der Waals surface area contributed by atoms with Gasteiger partial charge in [-0.3, -0.25) is 14.9 Å². The number of nitro groups is 1. The molecule has 1 amide bonds. The zero-order chi connectivity index (χ0) is 19.7. The quantitative estimate of drug-likeness (QED) is 0.370. The van der Waals surface area contributed by atoms with E-state index in [0.29, 0.717) is 6.54 Å². The standard InChI is InChI=1S/C21H19N3O3S/c1-14-11-20(22-18-7-3-2-6-17(14)18)28-13-21(25)23-10-4-5-15-12-16(24(26)27)8-9-19(15)23/h2-3,6-9,11-12H,4-5,10,13H2,1H3. The van der Waals surface area contributed by atoms with Crippen LogP contribution in [0.2, 0.25) is 0 Å². The third-order valence-corrected chi connectivity index (χ3v) is 5.83. The van der Waals surface area contributed by atoms with Crippen LogP contribution in [-0.4, -0.2) is 28.1 Å². The van der Waals surface area contributed by atoms with Crippen LogP contribution < -0.4 is 4.90 Å². The summed E-state index contributed by atoms with van der Waals surface area (Å²) in [5.41, 5.74) is 3.77. The minimum Gasteiger partial charge on any atom is -0.311 e. The summed E-state index contributed by atoms with van der Waals surface area (Å²) in [5, 5.41) is 12.9. The largest absolute Gasteiger partial charge is 0.311 e. The molecule has 0 radical (unpaired) electrons. The molecule has 4 rings (SSSR count). The molecule has 0 unspecified atom stereocenters. The molecule has 7 heteroatoms. The Bertz CT molecular complexity index is 1080. The van der Waals surface area contributed by atoms with E-state index in [1.165, 1.54) is 17.8 Å². The molecule has 0 fully saturated rings. The number of rotatable bonds is 4. The number of hydrogen-bond acceptors (Lipinski definition) is 5. The van der Waals surface area contributed by atoms with Crippen molar-refractivity contribution in [2.24, 2.45) is 0 Å². The number of anilines is 1. The summed E-state index contributed by atoms with van der Waals surface area (Å²) in [6, 6.07) is 14.7. The number of non-ortho nitro benzene ring substituents is 1. The van der Waals surface area contributed by atoms with Gasteiger partial charge < -0.3 is 4.90 Å². The first-order valence-corrected chi connectivity index (χ1v) is 10.1. The Balaban J connectivity index is 1.52. The molecule has 0 bridgehead atoms. The molecule has 2 aromatic carbocycles. The number of aryl methyl sites for hydroxylation is 2. The van der Waals surface area contributed by atoms with E-state index in [0.717, 1.165) is 45.6 Å². The summed E-state index contributed by atoms with van der Waals surface area (Å²) in [6.45, 7) is 2.68. The smallest absolute Gasteiger partial charge is 0.269 e. The highest BCUT2D eigenvalue weighted by Gasteiger charge is 2.24. The molecule has 28 heavy (non-hydrogen) atoms. The summed E-state index contributed by atoms with van der Waals surface area (Å²) < 4.78 is 0. The highest BCUT2D eigenvalue weighted by Crippen LogP contribution is 2.31. The number of carbonyl (C=O) groups excluding carboxylic acids is 1. The number of amides is 1. The Morgan fingerprint density at radius 3 is 2.89 bits per heavy atom. The molecular formula is C21H19N3O3S. The van der Waals surface area contributed by atoms with Crippen molar-refractivity contribution >= 4 is 39.9 Å². The van der Waals surface area contributed by atoms with Gasteiger partial charge in [-0.25, -0.2) is 4.98 Å². The molecule has 3 aromatic rings. The third-order valence-electron chi connectivity index (χ3n) is 4.94. The van der Waals surface area contributed by atoms with Crippen LogP contribution in [0.4, 0.5) is 11.4 Å². The van der Waals surface area contributed by atoms with E-state index in [1.807, 2.05) is 37.3 Å². The van der Waals surface area contributed by atoms with Crippen LogP contribution in [0.25, 0.3) is 10.9 Å². The first kappa shape index (κ1) is 18.4. The number of thioether (sulfide) groups is 1. The molecule has 142 valence electrons. The van der Waals surface area contributed by atoms with Gasteiger partial charge in [-0.05, 0) is 49.1 Å². The molecular weight excluding hydrogens is 374 g/mol. The van der Waals surface area contributed by atoms with Gasteiger partial charge in [0.25, 0.3) is 5.69 Å². The normalized spacial score (nSPS) is 13.4. The van der Waals surface area contributed by atoms with E-state index in [1.54, 1.807) is 17.0 Å². The van der Waals surface area contributed by atoms with E-state index in [9.17, 15) is 14.9 Å². The summed E-state index contributed by atoms with van der Waals surface area (Å²) in [4.78, 5) is 29.8. The van der Waals surface area contributed by atoms with Crippen LogP contribution in [0.1, 0.15) is 17.5 Å². The molecule has 1 aromatic heterocycles. The average molecular weight is 393 g/mol. The maximum Gasteiger partial charge on any atom is 0.269 e. The molecule has 0 atom stereocenters. The van der Waals surface area contributed by atoms with Crippen LogP contribution in [0.3, 0.4) is 0 Å². The third kappa shape index (κ3) is 3.57.